The van der Waals surface area contributed by atoms with Crippen LogP contribution in [-0.2, 0) is 0 Å². The van der Waals surface area contributed by atoms with E-state index in [2.05, 4.69) is 12.2 Å². The van der Waals surface area contributed by atoms with Gasteiger partial charge in [-0.2, -0.15) is 0 Å². The monoisotopic (exact) mass is 401 g/mol. The first-order chi connectivity index (χ1) is 13.1. The molecule has 140 valence electrons. The van der Waals surface area contributed by atoms with Gasteiger partial charge in [0, 0.05) is 16.6 Å². The number of carbonyl (C=O) groups excluding carboxylic acids is 1. The maximum absolute atomic E-state index is 12.7. The van der Waals surface area contributed by atoms with Gasteiger partial charge in [-0.25, -0.2) is 0 Å². The summed E-state index contributed by atoms with van der Waals surface area (Å²) in [6, 6.07) is 16.8. The Morgan fingerprint density at radius 1 is 1.00 bits per heavy atom. The topological polar surface area (TPSA) is 38.3 Å². The molecule has 5 heteroatoms. The van der Waals surface area contributed by atoms with Gasteiger partial charge in [-0.05, 0) is 30.0 Å². The molecule has 0 fully saturated rings. The highest BCUT2D eigenvalue weighted by Gasteiger charge is 2.15. The molecule has 3 aromatic carbocycles. The Hall–Kier alpha value is -2.23. The van der Waals surface area contributed by atoms with Crippen LogP contribution in [0.4, 0.5) is 5.69 Å². The van der Waals surface area contributed by atoms with Crippen molar-refractivity contribution < 1.29 is 9.53 Å². The lowest BCUT2D eigenvalue weighted by atomic mass is 10.1. The molecule has 1 N–H and O–H groups in total. The molecule has 0 unspecified atom stereocenters. The van der Waals surface area contributed by atoms with Gasteiger partial charge in [0.2, 0.25) is 0 Å². The van der Waals surface area contributed by atoms with Crippen molar-refractivity contribution in [3.05, 3.63) is 70.2 Å². The Labute approximate surface area is 169 Å². The second kappa shape index (κ2) is 9.12. The van der Waals surface area contributed by atoms with Crippen LogP contribution < -0.4 is 10.1 Å². The molecule has 27 heavy (non-hydrogen) atoms. The molecule has 0 spiro atoms. The van der Waals surface area contributed by atoms with Crippen molar-refractivity contribution in [1.82, 2.24) is 0 Å². The van der Waals surface area contributed by atoms with Crippen molar-refractivity contribution in [1.29, 1.82) is 0 Å². The van der Waals surface area contributed by atoms with Crippen molar-refractivity contribution >= 4 is 45.6 Å². The van der Waals surface area contributed by atoms with Crippen LogP contribution >= 0.6 is 23.2 Å². The van der Waals surface area contributed by atoms with Crippen LogP contribution in [0.3, 0.4) is 0 Å². The first kappa shape index (κ1) is 19.5. The molecular formula is C22H21Cl2NO2. The van der Waals surface area contributed by atoms with Crippen molar-refractivity contribution in [2.45, 2.75) is 26.2 Å². The minimum atomic E-state index is -0.271. The number of rotatable bonds is 7. The zero-order valence-corrected chi connectivity index (χ0v) is 16.6. The molecular weight excluding hydrogens is 381 g/mol. The van der Waals surface area contributed by atoms with Crippen LogP contribution in [0, 0.1) is 0 Å². The van der Waals surface area contributed by atoms with Crippen LogP contribution in [0.2, 0.25) is 10.0 Å². The first-order valence-electron chi connectivity index (χ1n) is 9.01. The smallest absolute Gasteiger partial charge is 0.255 e. The third-order valence-corrected chi connectivity index (χ3v) is 4.85. The standard InChI is InChI=1S/C22H21Cl2NO2/c1-2-3-6-12-27-21-18(23)13-16(14-19(21)24)22(26)25-20-11-7-9-15-8-4-5-10-17(15)20/h4-5,7-11,13-14H,2-3,6,12H2,1H3,(H,25,26). The minimum Gasteiger partial charge on any atom is -0.490 e. The van der Waals surface area contributed by atoms with Gasteiger partial charge in [-0.3, -0.25) is 4.79 Å². The molecule has 3 rings (SSSR count). The Bertz CT molecular complexity index is 928. The SMILES string of the molecule is CCCCCOc1c(Cl)cc(C(=O)Nc2cccc3ccccc23)cc1Cl. The summed E-state index contributed by atoms with van der Waals surface area (Å²) >= 11 is 12.6. The number of anilines is 1. The van der Waals surface area contributed by atoms with Crippen LogP contribution in [0.25, 0.3) is 10.8 Å². The highest BCUT2D eigenvalue weighted by molar-refractivity contribution is 6.37. The van der Waals surface area contributed by atoms with E-state index >= 15 is 0 Å². The van der Waals surface area contributed by atoms with Gasteiger partial charge in [0.05, 0.1) is 16.7 Å². The van der Waals surface area contributed by atoms with Crippen molar-refractivity contribution in [3.8, 4) is 5.75 Å². The molecule has 0 heterocycles. The Balaban J connectivity index is 1.78. The van der Waals surface area contributed by atoms with Crippen molar-refractivity contribution in [3.63, 3.8) is 0 Å². The molecule has 0 aliphatic carbocycles. The molecule has 0 saturated carbocycles. The van der Waals surface area contributed by atoms with E-state index in [0.717, 1.165) is 35.7 Å². The summed E-state index contributed by atoms with van der Waals surface area (Å²) in [6.07, 6.45) is 3.13. The number of unbranched alkanes of at least 4 members (excludes halogenated alkanes) is 2. The summed E-state index contributed by atoms with van der Waals surface area (Å²) in [5.41, 5.74) is 1.13. The zero-order chi connectivity index (χ0) is 19.2. The fourth-order valence-corrected chi connectivity index (χ4v) is 3.48. The predicted molar refractivity (Wildman–Crippen MR) is 113 cm³/mol. The maximum Gasteiger partial charge on any atom is 0.255 e. The van der Waals surface area contributed by atoms with Gasteiger partial charge in [0.25, 0.3) is 5.91 Å². The molecule has 0 atom stereocenters. The van der Waals surface area contributed by atoms with Gasteiger partial charge in [-0.1, -0.05) is 79.4 Å². The van der Waals surface area contributed by atoms with E-state index in [1.165, 1.54) is 0 Å². The third-order valence-electron chi connectivity index (χ3n) is 4.29. The van der Waals surface area contributed by atoms with E-state index in [-0.39, 0.29) is 5.91 Å². The van der Waals surface area contributed by atoms with Crippen molar-refractivity contribution in [2.24, 2.45) is 0 Å². The number of fused-ring (bicyclic) bond motifs is 1. The summed E-state index contributed by atoms with van der Waals surface area (Å²) in [4.78, 5) is 12.7. The molecule has 0 aromatic heterocycles. The fraction of sp³-hybridized carbons (Fsp3) is 0.227. The normalized spacial score (nSPS) is 10.8. The highest BCUT2D eigenvalue weighted by Crippen LogP contribution is 2.35. The molecule has 3 nitrogen and oxygen atoms in total. The summed E-state index contributed by atoms with van der Waals surface area (Å²) in [5.74, 6) is 0.156. The van der Waals surface area contributed by atoms with E-state index < -0.39 is 0 Å². The van der Waals surface area contributed by atoms with Gasteiger partial charge in [-0.15, -0.1) is 0 Å². The van der Waals surface area contributed by atoms with Gasteiger partial charge in [0.1, 0.15) is 0 Å². The predicted octanol–water partition coefficient (Wildman–Crippen LogP) is 6.97. The van der Waals surface area contributed by atoms with Gasteiger partial charge in [0.15, 0.2) is 5.75 Å². The Kier molecular flexibility index (Phi) is 6.59. The molecule has 0 radical (unpaired) electrons. The van der Waals surface area contributed by atoms with Crippen molar-refractivity contribution in [2.75, 3.05) is 11.9 Å². The van der Waals surface area contributed by atoms with E-state index in [4.69, 9.17) is 27.9 Å². The quantitative estimate of drug-likeness (QED) is 0.434. The lowest BCUT2D eigenvalue weighted by molar-refractivity contribution is 0.102. The van der Waals surface area contributed by atoms with E-state index in [1.54, 1.807) is 12.1 Å². The van der Waals surface area contributed by atoms with Gasteiger partial charge >= 0.3 is 0 Å². The largest absolute Gasteiger partial charge is 0.490 e. The summed E-state index contributed by atoms with van der Waals surface area (Å²) in [5, 5.41) is 5.64. The average molecular weight is 402 g/mol. The number of hydrogen-bond acceptors (Lipinski definition) is 2. The minimum absolute atomic E-state index is 0.271. The fourth-order valence-electron chi connectivity index (χ4n) is 2.88. The number of hydrogen-bond donors (Lipinski definition) is 1. The van der Waals surface area contributed by atoms with Crippen LogP contribution in [0.5, 0.6) is 5.75 Å². The summed E-state index contributed by atoms with van der Waals surface area (Å²) in [6.45, 7) is 2.68. The maximum atomic E-state index is 12.7. The second-order valence-corrected chi connectivity index (χ2v) is 7.12. The molecule has 0 saturated heterocycles. The number of halogens is 2. The number of carbonyl (C=O) groups is 1. The highest BCUT2D eigenvalue weighted by atomic mass is 35.5. The van der Waals surface area contributed by atoms with Crippen LogP contribution in [-0.4, -0.2) is 12.5 Å². The lowest BCUT2D eigenvalue weighted by Gasteiger charge is -2.13. The number of amides is 1. The second-order valence-electron chi connectivity index (χ2n) is 6.31. The number of ether oxygens (including phenoxy) is 1. The number of nitrogens with one attached hydrogen (secondary N) is 1. The summed E-state index contributed by atoms with van der Waals surface area (Å²) < 4.78 is 5.68. The van der Waals surface area contributed by atoms with Gasteiger partial charge < -0.3 is 10.1 Å². The van der Waals surface area contributed by atoms with Crippen LogP contribution in [0.1, 0.15) is 36.5 Å². The third kappa shape index (κ3) is 4.74. The average Bonchev–Trinajstić information content (AvgIpc) is 2.67. The molecule has 0 aliphatic heterocycles. The molecule has 3 aromatic rings. The summed E-state index contributed by atoms with van der Waals surface area (Å²) in [7, 11) is 0. The van der Waals surface area contributed by atoms with E-state index in [0.29, 0.717) is 28.0 Å². The number of benzene rings is 3. The van der Waals surface area contributed by atoms with Crippen LogP contribution in [0.15, 0.2) is 54.6 Å². The first-order valence-corrected chi connectivity index (χ1v) is 9.76. The molecule has 0 bridgehead atoms. The van der Waals surface area contributed by atoms with E-state index in [1.807, 2.05) is 42.5 Å². The van der Waals surface area contributed by atoms with E-state index in [9.17, 15) is 4.79 Å². The zero-order valence-electron chi connectivity index (χ0n) is 15.1. The lowest BCUT2D eigenvalue weighted by Crippen LogP contribution is -2.12. The molecule has 1 amide bonds. The Morgan fingerprint density at radius 3 is 2.44 bits per heavy atom. The molecule has 0 aliphatic rings. The Morgan fingerprint density at radius 2 is 1.70 bits per heavy atom.